The van der Waals surface area contributed by atoms with E-state index in [9.17, 15) is 4.79 Å². The molecule has 6 heteroatoms. The molecule has 1 amide bonds. The van der Waals surface area contributed by atoms with Crippen molar-refractivity contribution in [1.82, 2.24) is 4.90 Å². The van der Waals surface area contributed by atoms with Gasteiger partial charge in [0, 0.05) is 24.2 Å². The van der Waals surface area contributed by atoms with E-state index >= 15 is 0 Å². The molecule has 1 heterocycles. The van der Waals surface area contributed by atoms with Crippen molar-refractivity contribution in [2.75, 3.05) is 44.9 Å². The third kappa shape index (κ3) is 5.16. The summed E-state index contributed by atoms with van der Waals surface area (Å²) in [5, 5.41) is 2.90. The molecule has 2 aromatic carbocycles. The summed E-state index contributed by atoms with van der Waals surface area (Å²) >= 11 is 0. The Morgan fingerprint density at radius 3 is 2.57 bits per heavy atom. The molecule has 0 bridgehead atoms. The SMILES string of the molecule is COc1ccc(OCCN(C)CCCc2ccc(N)cc2)c2c1NC(=O)CC2. The number of carbonyl (C=O) groups excluding carboxylic acids is 1. The number of carbonyl (C=O) groups is 1. The summed E-state index contributed by atoms with van der Waals surface area (Å²) < 4.78 is 11.4. The first-order chi connectivity index (χ1) is 13.6. The molecule has 3 N–H and O–H groups in total. The number of hydrogen-bond acceptors (Lipinski definition) is 5. The number of hydrogen-bond donors (Lipinski definition) is 2. The number of nitrogen functional groups attached to an aromatic ring is 1. The number of amides is 1. The van der Waals surface area contributed by atoms with Crippen LogP contribution in [0.25, 0.3) is 0 Å². The molecule has 0 spiro atoms. The second-order valence-corrected chi connectivity index (χ2v) is 7.16. The lowest BCUT2D eigenvalue weighted by atomic mass is 10.0. The molecule has 1 aliphatic heterocycles. The van der Waals surface area contributed by atoms with Gasteiger partial charge in [0.2, 0.25) is 5.91 Å². The highest BCUT2D eigenvalue weighted by Crippen LogP contribution is 2.38. The summed E-state index contributed by atoms with van der Waals surface area (Å²) in [6.45, 7) is 2.45. The van der Waals surface area contributed by atoms with E-state index < -0.39 is 0 Å². The lowest BCUT2D eigenvalue weighted by Crippen LogP contribution is -2.26. The van der Waals surface area contributed by atoms with E-state index in [1.165, 1.54) is 5.56 Å². The molecule has 0 saturated heterocycles. The average Bonchev–Trinajstić information content (AvgIpc) is 2.69. The van der Waals surface area contributed by atoms with Crippen LogP contribution in [0.1, 0.15) is 24.0 Å². The van der Waals surface area contributed by atoms with E-state index in [0.29, 0.717) is 25.2 Å². The minimum atomic E-state index is 0.0174. The number of nitrogens with two attached hydrogens (primary N) is 1. The number of benzene rings is 2. The second kappa shape index (κ2) is 9.46. The monoisotopic (exact) mass is 383 g/mol. The van der Waals surface area contributed by atoms with Gasteiger partial charge in [0.15, 0.2) is 0 Å². The van der Waals surface area contributed by atoms with E-state index in [4.69, 9.17) is 15.2 Å². The van der Waals surface area contributed by atoms with E-state index in [-0.39, 0.29) is 5.91 Å². The Bertz CT molecular complexity index is 805. The molecular weight excluding hydrogens is 354 g/mol. The average molecular weight is 383 g/mol. The Labute approximate surface area is 166 Å². The van der Waals surface area contributed by atoms with Crippen LogP contribution in [0.15, 0.2) is 36.4 Å². The van der Waals surface area contributed by atoms with Crippen molar-refractivity contribution >= 4 is 17.3 Å². The van der Waals surface area contributed by atoms with Crippen molar-refractivity contribution < 1.29 is 14.3 Å². The van der Waals surface area contributed by atoms with Crippen LogP contribution in [0.3, 0.4) is 0 Å². The molecule has 1 aliphatic rings. The fourth-order valence-corrected chi connectivity index (χ4v) is 3.40. The minimum Gasteiger partial charge on any atom is -0.495 e. The van der Waals surface area contributed by atoms with E-state index in [1.54, 1.807) is 7.11 Å². The van der Waals surface area contributed by atoms with Gasteiger partial charge in [-0.3, -0.25) is 4.79 Å². The molecule has 2 aromatic rings. The zero-order chi connectivity index (χ0) is 19.9. The lowest BCUT2D eigenvalue weighted by molar-refractivity contribution is -0.116. The number of ether oxygens (including phenoxy) is 2. The van der Waals surface area contributed by atoms with Crippen molar-refractivity contribution in [3.63, 3.8) is 0 Å². The summed E-state index contributed by atoms with van der Waals surface area (Å²) in [6.07, 6.45) is 3.27. The number of fused-ring (bicyclic) bond motifs is 1. The number of likely N-dealkylation sites (N-methyl/N-ethyl adjacent to an activating group) is 1. The normalized spacial score (nSPS) is 13.2. The van der Waals surface area contributed by atoms with Gasteiger partial charge < -0.3 is 25.4 Å². The standard InChI is InChI=1S/C22H29N3O3/c1-25(13-3-4-16-5-7-17(23)8-6-16)14-15-28-19-10-11-20(27-2)22-18(19)9-12-21(26)24-22/h5-8,10-11H,3-4,9,12-15,23H2,1-2H3,(H,24,26). The molecular formula is C22H29N3O3. The fraction of sp³-hybridized carbons (Fsp3) is 0.409. The van der Waals surface area contributed by atoms with E-state index in [1.807, 2.05) is 24.3 Å². The van der Waals surface area contributed by atoms with Gasteiger partial charge in [0.25, 0.3) is 0 Å². The van der Waals surface area contributed by atoms with Gasteiger partial charge in [-0.05, 0) is 62.7 Å². The number of anilines is 2. The summed E-state index contributed by atoms with van der Waals surface area (Å²) in [5.41, 5.74) is 9.60. The van der Waals surface area contributed by atoms with Crippen molar-refractivity contribution in [2.24, 2.45) is 0 Å². The van der Waals surface area contributed by atoms with Gasteiger partial charge in [0.1, 0.15) is 18.1 Å². The Morgan fingerprint density at radius 2 is 1.82 bits per heavy atom. The number of rotatable bonds is 9. The molecule has 28 heavy (non-hydrogen) atoms. The largest absolute Gasteiger partial charge is 0.495 e. The molecule has 0 radical (unpaired) electrons. The molecule has 150 valence electrons. The molecule has 0 unspecified atom stereocenters. The summed E-state index contributed by atoms with van der Waals surface area (Å²) in [5.74, 6) is 1.52. The topological polar surface area (TPSA) is 76.8 Å². The van der Waals surface area contributed by atoms with E-state index in [2.05, 4.69) is 29.4 Å². The van der Waals surface area contributed by atoms with Gasteiger partial charge in [0.05, 0.1) is 12.8 Å². The molecule has 0 saturated carbocycles. The second-order valence-electron chi connectivity index (χ2n) is 7.16. The first-order valence-corrected chi connectivity index (χ1v) is 9.72. The third-order valence-electron chi connectivity index (χ3n) is 5.03. The van der Waals surface area contributed by atoms with Gasteiger partial charge in [-0.15, -0.1) is 0 Å². The minimum absolute atomic E-state index is 0.0174. The van der Waals surface area contributed by atoms with Crippen molar-refractivity contribution in [3.05, 3.63) is 47.5 Å². The Balaban J connectivity index is 1.46. The zero-order valence-corrected chi connectivity index (χ0v) is 16.7. The summed E-state index contributed by atoms with van der Waals surface area (Å²) in [4.78, 5) is 14.0. The van der Waals surface area contributed by atoms with Crippen molar-refractivity contribution in [2.45, 2.75) is 25.7 Å². The lowest BCUT2D eigenvalue weighted by Gasteiger charge is -2.23. The molecule has 0 aliphatic carbocycles. The Hall–Kier alpha value is -2.73. The maximum atomic E-state index is 11.7. The molecule has 6 nitrogen and oxygen atoms in total. The first kappa shape index (κ1) is 20.0. The highest BCUT2D eigenvalue weighted by atomic mass is 16.5. The number of methoxy groups -OCH3 is 1. The number of nitrogens with one attached hydrogen (secondary N) is 1. The summed E-state index contributed by atoms with van der Waals surface area (Å²) in [6, 6.07) is 11.8. The van der Waals surface area contributed by atoms with Crippen LogP contribution in [0, 0.1) is 0 Å². The Morgan fingerprint density at radius 1 is 1.07 bits per heavy atom. The number of nitrogens with zero attached hydrogens (tertiary/aromatic N) is 1. The van der Waals surface area contributed by atoms with Gasteiger partial charge in [-0.1, -0.05) is 12.1 Å². The zero-order valence-electron chi connectivity index (χ0n) is 16.7. The smallest absolute Gasteiger partial charge is 0.224 e. The van der Waals surface area contributed by atoms with Crippen LogP contribution in [-0.2, 0) is 17.6 Å². The van der Waals surface area contributed by atoms with Crippen LogP contribution in [-0.4, -0.2) is 44.7 Å². The van der Waals surface area contributed by atoms with Crippen LogP contribution >= 0.6 is 0 Å². The van der Waals surface area contributed by atoms with E-state index in [0.717, 1.165) is 48.6 Å². The highest BCUT2D eigenvalue weighted by Gasteiger charge is 2.22. The van der Waals surface area contributed by atoms with Crippen LogP contribution < -0.4 is 20.5 Å². The fourth-order valence-electron chi connectivity index (χ4n) is 3.40. The quantitative estimate of drug-likeness (QED) is 0.651. The van der Waals surface area contributed by atoms with Gasteiger partial charge in [-0.25, -0.2) is 0 Å². The third-order valence-corrected chi connectivity index (χ3v) is 5.03. The molecule has 0 aromatic heterocycles. The number of aryl methyl sites for hydroxylation is 1. The molecule has 0 atom stereocenters. The molecule has 3 rings (SSSR count). The van der Waals surface area contributed by atoms with Gasteiger partial charge in [-0.2, -0.15) is 0 Å². The van der Waals surface area contributed by atoms with Crippen molar-refractivity contribution in [3.8, 4) is 11.5 Å². The molecule has 0 fully saturated rings. The maximum absolute atomic E-state index is 11.7. The summed E-state index contributed by atoms with van der Waals surface area (Å²) in [7, 11) is 3.71. The van der Waals surface area contributed by atoms with Crippen molar-refractivity contribution in [1.29, 1.82) is 0 Å². The predicted octanol–water partition coefficient (Wildman–Crippen LogP) is 3.11. The predicted molar refractivity (Wildman–Crippen MR) is 112 cm³/mol. The van der Waals surface area contributed by atoms with Crippen LogP contribution in [0.4, 0.5) is 11.4 Å². The Kier molecular flexibility index (Phi) is 6.76. The maximum Gasteiger partial charge on any atom is 0.224 e. The van der Waals surface area contributed by atoms with Crippen LogP contribution in [0.2, 0.25) is 0 Å². The first-order valence-electron chi connectivity index (χ1n) is 9.72. The highest BCUT2D eigenvalue weighted by molar-refractivity contribution is 5.96. The van der Waals surface area contributed by atoms with Gasteiger partial charge >= 0.3 is 0 Å². The van der Waals surface area contributed by atoms with Crippen LogP contribution in [0.5, 0.6) is 11.5 Å².